The molecule has 0 unspecified atom stereocenters. The van der Waals surface area contributed by atoms with Crippen molar-refractivity contribution in [2.75, 3.05) is 32.7 Å². The van der Waals surface area contributed by atoms with Gasteiger partial charge in [0.05, 0.1) is 0 Å². The average molecular weight is 358 g/mol. The number of fused-ring (bicyclic) bond motifs is 1. The van der Waals surface area contributed by atoms with E-state index in [1.807, 2.05) is 4.90 Å². The number of hydrogen-bond acceptors (Lipinski definition) is 5. The molecule has 7 heteroatoms. The molecule has 0 aliphatic carbocycles. The van der Waals surface area contributed by atoms with Gasteiger partial charge in [-0.05, 0) is 56.8 Å². The molecule has 7 nitrogen and oxygen atoms in total. The Morgan fingerprint density at radius 1 is 1.15 bits per heavy atom. The van der Waals surface area contributed by atoms with Crippen LogP contribution in [0, 0.1) is 5.92 Å². The fourth-order valence-corrected chi connectivity index (χ4v) is 4.10. The van der Waals surface area contributed by atoms with Gasteiger partial charge in [-0.15, -0.1) is 0 Å². The number of nitrogens with zero attached hydrogens (tertiary/aromatic N) is 4. The second-order valence-electron chi connectivity index (χ2n) is 7.42. The van der Waals surface area contributed by atoms with Gasteiger partial charge >= 0.3 is 5.76 Å². The summed E-state index contributed by atoms with van der Waals surface area (Å²) in [6, 6.07) is 3.53. The van der Waals surface area contributed by atoms with E-state index in [2.05, 4.69) is 9.88 Å². The topological polar surface area (TPSA) is 71.6 Å². The Morgan fingerprint density at radius 2 is 1.92 bits per heavy atom. The average Bonchev–Trinajstić information content (AvgIpc) is 3.29. The van der Waals surface area contributed by atoms with Gasteiger partial charge in [0, 0.05) is 38.8 Å². The van der Waals surface area contributed by atoms with Crippen molar-refractivity contribution in [3.8, 4) is 0 Å². The number of oxazole rings is 1. The zero-order valence-electron chi connectivity index (χ0n) is 15.1. The maximum atomic E-state index is 12.3. The molecule has 0 aromatic carbocycles. The Hall–Kier alpha value is -2.15. The van der Waals surface area contributed by atoms with Crippen LogP contribution in [0.4, 0.5) is 0 Å². The zero-order valence-corrected chi connectivity index (χ0v) is 15.1. The van der Waals surface area contributed by atoms with Gasteiger partial charge in [0.2, 0.25) is 5.91 Å². The van der Waals surface area contributed by atoms with Crippen molar-refractivity contribution >= 4 is 17.1 Å². The highest BCUT2D eigenvalue weighted by Crippen LogP contribution is 2.22. The third-order valence-electron chi connectivity index (χ3n) is 5.69. The van der Waals surface area contributed by atoms with Crippen LogP contribution < -0.4 is 5.76 Å². The van der Waals surface area contributed by atoms with Crippen molar-refractivity contribution in [3.05, 3.63) is 28.9 Å². The summed E-state index contributed by atoms with van der Waals surface area (Å²) in [7, 11) is 0. The molecule has 0 atom stereocenters. The Labute approximate surface area is 152 Å². The summed E-state index contributed by atoms with van der Waals surface area (Å²) >= 11 is 0. The van der Waals surface area contributed by atoms with Gasteiger partial charge < -0.3 is 14.2 Å². The zero-order chi connectivity index (χ0) is 17.9. The van der Waals surface area contributed by atoms with Crippen LogP contribution in [0.1, 0.15) is 32.1 Å². The van der Waals surface area contributed by atoms with Crippen LogP contribution in [0.2, 0.25) is 0 Å². The van der Waals surface area contributed by atoms with Gasteiger partial charge in [-0.2, -0.15) is 0 Å². The summed E-state index contributed by atoms with van der Waals surface area (Å²) in [6.45, 7) is 5.24. The molecule has 2 aromatic rings. The van der Waals surface area contributed by atoms with Crippen molar-refractivity contribution in [1.82, 2.24) is 19.4 Å². The second-order valence-corrected chi connectivity index (χ2v) is 7.42. The Morgan fingerprint density at radius 3 is 2.69 bits per heavy atom. The third kappa shape index (κ3) is 3.67. The number of hydrogen-bond donors (Lipinski definition) is 0. The normalized spacial score (nSPS) is 19.5. The van der Waals surface area contributed by atoms with E-state index >= 15 is 0 Å². The monoisotopic (exact) mass is 358 g/mol. The molecule has 2 fully saturated rings. The van der Waals surface area contributed by atoms with E-state index < -0.39 is 0 Å². The lowest BCUT2D eigenvalue weighted by Crippen LogP contribution is -2.38. The Balaban J connectivity index is 1.27. The van der Waals surface area contributed by atoms with Crippen molar-refractivity contribution in [2.24, 2.45) is 5.92 Å². The van der Waals surface area contributed by atoms with Crippen LogP contribution in [-0.4, -0.2) is 58.0 Å². The summed E-state index contributed by atoms with van der Waals surface area (Å²) in [5.41, 5.74) is 1.15. The molecule has 2 aliphatic rings. The predicted molar refractivity (Wildman–Crippen MR) is 97.9 cm³/mol. The summed E-state index contributed by atoms with van der Waals surface area (Å²) < 4.78 is 6.84. The van der Waals surface area contributed by atoms with Crippen molar-refractivity contribution in [1.29, 1.82) is 0 Å². The van der Waals surface area contributed by atoms with Gasteiger partial charge in [-0.1, -0.05) is 0 Å². The van der Waals surface area contributed by atoms with Crippen LogP contribution >= 0.6 is 0 Å². The van der Waals surface area contributed by atoms with Gasteiger partial charge in [-0.3, -0.25) is 9.36 Å². The van der Waals surface area contributed by atoms with Crippen LogP contribution in [0.25, 0.3) is 11.2 Å². The van der Waals surface area contributed by atoms with Crippen LogP contribution in [0.5, 0.6) is 0 Å². The lowest BCUT2D eigenvalue weighted by atomic mass is 9.93. The molecular formula is C19H26N4O3. The quantitative estimate of drug-likeness (QED) is 0.814. The van der Waals surface area contributed by atoms with Crippen molar-refractivity contribution < 1.29 is 9.21 Å². The first kappa shape index (κ1) is 17.3. The molecule has 0 N–H and O–H groups in total. The molecule has 2 aromatic heterocycles. The lowest BCUT2D eigenvalue weighted by Gasteiger charge is -2.32. The highest BCUT2D eigenvalue weighted by Gasteiger charge is 2.25. The number of aromatic nitrogens is 2. The highest BCUT2D eigenvalue weighted by atomic mass is 16.4. The summed E-state index contributed by atoms with van der Waals surface area (Å²) in [4.78, 5) is 32.9. The molecule has 0 radical (unpaired) electrons. The first-order valence-electron chi connectivity index (χ1n) is 9.65. The van der Waals surface area contributed by atoms with E-state index in [1.54, 1.807) is 22.9 Å². The first-order chi connectivity index (χ1) is 12.7. The molecule has 2 aliphatic heterocycles. The molecule has 4 heterocycles. The second kappa shape index (κ2) is 7.61. The van der Waals surface area contributed by atoms with Crippen molar-refractivity contribution in [2.45, 2.75) is 38.6 Å². The molecule has 0 saturated carbocycles. The number of piperidine rings is 1. The first-order valence-corrected chi connectivity index (χ1v) is 9.65. The van der Waals surface area contributed by atoms with Gasteiger partial charge in [0.25, 0.3) is 0 Å². The minimum Gasteiger partial charge on any atom is -0.406 e. The largest absolute Gasteiger partial charge is 0.421 e. The van der Waals surface area contributed by atoms with Crippen LogP contribution in [0.15, 0.2) is 27.5 Å². The number of amides is 1. The SMILES string of the molecule is O=C(CC1CCN(CCn2c(=O)oc3cccnc32)CC1)N1CCCC1. The number of likely N-dealkylation sites (tertiary alicyclic amines) is 2. The van der Waals surface area contributed by atoms with Gasteiger partial charge in [-0.25, -0.2) is 9.78 Å². The predicted octanol–water partition coefficient (Wildman–Crippen LogP) is 1.71. The number of carbonyl (C=O) groups excluding carboxylic acids is 1. The fourth-order valence-electron chi connectivity index (χ4n) is 4.10. The molecule has 4 rings (SSSR count). The maximum Gasteiger partial charge on any atom is 0.421 e. The molecule has 140 valence electrons. The Bertz CT molecular complexity index is 814. The van der Waals surface area contributed by atoms with Crippen molar-refractivity contribution in [3.63, 3.8) is 0 Å². The Kier molecular flexibility index (Phi) is 5.06. The van der Waals surface area contributed by atoms with Gasteiger partial charge in [0.15, 0.2) is 11.2 Å². The third-order valence-corrected chi connectivity index (χ3v) is 5.69. The standard InChI is InChI=1S/C19H26N4O3/c24-17(22-8-1-2-9-22)14-15-5-10-21(11-6-15)12-13-23-18-16(26-19(23)25)4-3-7-20-18/h3-4,7,15H,1-2,5-6,8-14H2. The molecule has 26 heavy (non-hydrogen) atoms. The fraction of sp³-hybridized carbons (Fsp3) is 0.632. The number of pyridine rings is 1. The van der Waals surface area contributed by atoms with Gasteiger partial charge in [0.1, 0.15) is 0 Å². The molecule has 1 amide bonds. The molecule has 0 spiro atoms. The highest BCUT2D eigenvalue weighted by molar-refractivity contribution is 5.76. The maximum absolute atomic E-state index is 12.3. The molecular weight excluding hydrogens is 332 g/mol. The summed E-state index contributed by atoms with van der Waals surface area (Å²) in [5.74, 6) is 0.492. The van der Waals surface area contributed by atoms with E-state index in [4.69, 9.17) is 4.42 Å². The minimum atomic E-state index is -0.343. The molecule has 2 saturated heterocycles. The smallest absolute Gasteiger partial charge is 0.406 e. The van der Waals surface area contributed by atoms with Crippen LogP contribution in [-0.2, 0) is 11.3 Å². The number of rotatable bonds is 5. The van der Waals surface area contributed by atoms with E-state index in [9.17, 15) is 9.59 Å². The van der Waals surface area contributed by atoms with Crippen LogP contribution in [0.3, 0.4) is 0 Å². The van der Waals surface area contributed by atoms with E-state index in [-0.39, 0.29) is 5.76 Å². The van der Waals surface area contributed by atoms with E-state index in [0.717, 1.165) is 58.4 Å². The lowest BCUT2D eigenvalue weighted by molar-refractivity contribution is -0.131. The van der Waals surface area contributed by atoms with E-state index in [1.165, 1.54) is 0 Å². The summed E-state index contributed by atoms with van der Waals surface area (Å²) in [5, 5.41) is 0. The number of carbonyl (C=O) groups is 1. The molecule has 0 bridgehead atoms. The van der Waals surface area contributed by atoms with E-state index in [0.29, 0.717) is 36.0 Å². The summed E-state index contributed by atoms with van der Waals surface area (Å²) in [6.07, 6.45) is 6.79. The minimum absolute atomic E-state index is 0.337.